The third kappa shape index (κ3) is 4.55. The van der Waals surface area contributed by atoms with Crippen LogP contribution in [0.2, 0.25) is 15.1 Å². The molecule has 138 valence electrons. The fourth-order valence-electron chi connectivity index (χ4n) is 3.09. The summed E-state index contributed by atoms with van der Waals surface area (Å²) in [5.41, 5.74) is 3.18. The summed E-state index contributed by atoms with van der Waals surface area (Å²) in [6.45, 7) is 2.21. The number of hydrogen-bond donors (Lipinski definition) is 2. The highest BCUT2D eigenvalue weighted by Crippen LogP contribution is 2.38. The highest BCUT2D eigenvalue weighted by molar-refractivity contribution is 7.80. The molecule has 1 aliphatic rings. The predicted molar refractivity (Wildman–Crippen MR) is 113 cm³/mol. The molecule has 0 saturated carbocycles. The molecule has 0 fully saturated rings. The zero-order valence-corrected chi connectivity index (χ0v) is 17.2. The maximum atomic E-state index is 9.95. The Labute approximate surface area is 173 Å². The largest absolute Gasteiger partial charge is 0.505 e. The molecule has 0 aromatic heterocycles. The van der Waals surface area contributed by atoms with Gasteiger partial charge in [0.1, 0.15) is 0 Å². The van der Waals surface area contributed by atoms with Crippen molar-refractivity contribution >= 4 is 52.1 Å². The van der Waals surface area contributed by atoms with E-state index in [9.17, 15) is 5.11 Å². The molecule has 26 heavy (non-hydrogen) atoms. The zero-order chi connectivity index (χ0) is 18.7. The van der Waals surface area contributed by atoms with Crippen LogP contribution >= 0.6 is 47.0 Å². The Balaban J connectivity index is 1.62. The van der Waals surface area contributed by atoms with Crippen molar-refractivity contribution in [2.45, 2.75) is 25.8 Å². The van der Waals surface area contributed by atoms with Gasteiger partial charge in [0.25, 0.3) is 0 Å². The normalized spacial score (nSPS) is 13.9. The lowest BCUT2D eigenvalue weighted by Gasteiger charge is -2.24. The molecule has 0 aliphatic carbocycles. The number of halogens is 3. The Kier molecular flexibility index (Phi) is 6.51. The lowest BCUT2D eigenvalue weighted by molar-refractivity contribution is 0.410. The van der Waals surface area contributed by atoms with Gasteiger partial charge in [-0.1, -0.05) is 46.9 Å². The fourth-order valence-corrected chi connectivity index (χ4v) is 4.07. The molecule has 0 radical (unpaired) electrons. The van der Waals surface area contributed by atoms with E-state index in [-0.39, 0.29) is 10.8 Å². The maximum absolute atomic E-state index is 9.95. The molecule has 3 rings (SSSR count). The van der Waals surface area contributed by atoms with Gasteiger partial charge in [-0.25, -0.2) is 0 Å². The third-order valence-corrected chi connectivity index (χ3v) is 5.84. The van der Waals surface area contributed by atoms with Crippen LogP contribution in [0.1, 0.15) is 23.1 Å². The Bertz CT molecular complexity index is 811. The smallest absolute Gasteiger partial charge is 0.169 e. The van der Waals surface area contributed by atoms with E-state index in [1.165, 1.54) is 5.56 Å². The minimum atomic E-state index is -0.0378. The lowest BCUT2D eigenvalue weighted by atomic mass is 10.0. The summed E-state index contributed by atoms with van der Waals surface area (Å²) < 4.78 is 0. The van der Waals surface area contributed by atoms with E-state index in [0.717, 1.165) is 48.5 Å². The molecule has 0 atom stereocenters. The number of rotatable bonds is 3. The molecular weight excluding hydrogens is 411 g/mol. The summed E-state index contributed by atoms with van der Waals surface area (Å²) >= 11 is 23.8. The molecule has 0 saturated heterocycles. The van der Waals surface area contributed by atoms with Gasteiger partial charge >= 0.3 is 0 Å². The van der Waals surface area contributed by atoms with Gasteiger partial charge < -0.3 is 15.3 Å². The minimum absolute atomic E-state index is 0.0378. The first kappa shape index (κ1) is 19.6. The van der Waals surface area contributed by atoms with Crippen LogP contribution in [0.4, 0.5) is 0 Å². The van der Waals surface area contributed by atoms with Crippen LogP contribution in [0, 0.1) is 0 Å². The summed E-state index contributed by atoms with van der Waals surface area (Å²) in [7, 11) is 0. The number of hydrogen-bond acceptors (Lipinski definition) is 2. The van der Waals surface area contributed by atoms with Crippen molar-refractivity contribution in [2.75, 3.05) is 13.1 Å². The summed E-state index contributed by atoms with van der Waals surface area (Å²) in [6.07, 6.45) is 2.57. The molecule has 1 aliphatic heterocycles. The molecule has 3 nitrogen and oxygen atoms in total. The first-order valence-electron chi connectivity index (χ1n) is 8.41. The summed E-state index contributed by atoms with van der Waals surface area (Å²) in [5.74, 6) is -0.0378. The van der Waals surface area contributed by atoms with Crippen LogP contribution < -0.4 is 5.32 Å². The molecule has 7 heteroatoms. The van der Waals surface area contributed by atoms with Crippen LogP contribution in [0.5, 0.6) is 5.75 Å². The molecule has 0 amide bonds. The number of nitrogens with zero attached hydrogens (tertiary/aromatic N) is 1. The third-order valence-electron chi connectivity index (χ3n) is 4.49. The molecule has 0 unspecified atom stereocenters. The van der Waals surface area contributed by atoms with E-state index < -0.39 is 0 Å². The average Bonchev–Trinajstić information content (AvgIpc) is 2.84. The van der Waals surface area contributed by atoms with E-state index >= 15 is 0 Å². The number of thiocarbonyl (C=S) groups is 1. The topological polar surface area (TPSA) is 35.5 Å². The monoisotopic (exact) mass is 428 g/mol. The summed E-state index contributed by atoms with van der Waals surface area (Å²) in [4.78, 5) is 2.12. The van der Waals surface area contributed by atoms with Gasteiger partial charge in [0.05, 0.1) is 10.0 Å². The molecule has 2 aromatic carbocycles. The average molecular weight is 430 g/mol. The number of aromatic hydroxyl groups is 1. The Hall–Kier alpha value is -1.20. The number of nitrogens with one attached hydrogen (secondary N) is 1. The highest BCUT2D eigenvalue weighted by atomic mass is 35.5. The van der Waals surface area contributed by atoms with E-state index in [0.29, 0.717) is 16.7 Å². The van der Waals surface area contributed by atoms with Crippen molar-refractivity contribution in [1.82, 2.24) is 10.2 Å². The SMILES string of the molecule is Oc1c(Cl)cc2c(c1Cl)CCCN(C(=S)NCCc1ccc(Cl)cc1)C2. The lowest BCUT2D eigenvalue weighted by Crippen LogP contribution is -2.40. The van der Waals surface area contributed by atoms with E-state index in [1.807, 2.05) is 24.3 Å². The number of benzene rings is 2. The molecular formula is C19H19Cl3N2OS. The van der Waals surface area contributed by atoms with Crippen molar-refractivity contribution in [3.8, 4) is 5.75 Å². The van der Waals surface area contributed by atoms with Crippen molar-refractivity contribution in [3.63, 3.8) is 0 Å². The molecule has 0 bridgehead atoms. The number of phenols is 1. The highest BCUT2D eigenvalue weighted by Gasteiger charge is 2.21. The Morgan fingerprint density at radius 1 is 1.19 bits per heavy atom. The standard InChI is InChI=1S/C19H19Cl3N2OS/c20-14-5-3-12(4-6-14)7-8-23-19(26)24-9-1-2-15-13(11-24)10-16(21)18(25)17(15)22/h3-6,10,25H,1-2,7-9,11H2,(H,23,26). The van der Waals surface area contributed by atoms with Crippen molar-refractivity contribution in [2.24, 2.45) is 0 Å². The van der Waals surface area contributed by atoms with E-state index in [4.69, 9.17) is 47.0 Å². The van der Waals surface area contributed by atoms with E-state index in [2.05, 4.69) is 10.2 Å². The van der Waals surface area contributed by atoms with Crippen LogP contribution in [0.3, 0.4) is 0 Å². The van der Waals surface area contributed by atoms with Gasteiger partial charge in [0.15, 0.2) is 10.9 Å². The summed E-state index contributed by atoms with van der Waals surface area (Å²) in [6, 6.07) is 9.61. The van der Waals surface area contributed by atoms with Crippen LogP contribution in [-0.4, -0.2) is 28.2 Å². The van der Waals surface area contributed by atoms with Gasteiger partial charge in [-0.05, 0) is 66.4 Å². The Morgan fingerprint density at radius 2 is 1.92 bits per heavy atom. The minimum Gasteiger partial charge on any atom is -0.505 e. The number of fused-ring (bicyclic) bond motifs is 1. The van der Waals surface area contributed by atoms with Crippen molar-refractivity contribution in [1.29, 1.82) is 0 Å². The molecule has 1 heterocycles. The van der Waals surface area contributed by atoms with Gasteiger partial charge in [-0.3, -0.25) is 0 Å². The van der Waals surface area contributed by atoms with Crippen LogP contribution in [-0.2, 0) is 19.4 Å². The van der Waals surface area contributed by atoms with E-state index in [1.54, 1.807) is 6.07 Å². The van der Waals surface area contributed by atoms with Crippen LogP contribution in [0.15, 0.2) is 30.3 Å². The second-order valence-electron chi connectivity index (χ2n) is 6.29. The van der Waals surface area contributed by atoms with Crippen molar-refractivity contribution in [3.05, 3.63) is 62.1 Å². The zero-order valence-electron chi connectivity index (χ0n) is 14.1. The summed E-state index contributed by atoms with van der Waals surface area (Å²) in [5, 5.41) is 15.4. The number of phenolic OH excluding ortho intramolecular Hbond substituents is 1. The van der Waals surface area contributed by atoms with Gasteiger partial charge in [0.2, 0.25) is 0 Å². The van der Waals surface area contributed by atoms with Gasteiger partial charge in [0, 0.05) is 24.7 Å². The quantitative estimate of drug-likeness (QED) is 0.656. The first-order chi connectivity index (χ1) is 12.5. The maximum Gasteiger partial charge on any atom is 0.169 e. The van der Waals surface area contributed by atoms with Gasteiger partial charge in [-0.2, -0.15) is 0 Å². The van der Waals surface area contributed by atoms with Crippen molar-refractivity contribution < 1.29 is 5.11 Å². The molecule has 2 N–H and O–H groups in total. The van der Waals surface area contributed by atoms with Gasteiger partial charge in [-0.15, -0.1) is 0 Å². The first-order valence-corrected chi connectivity index (χ1v) is 9.96. The molecule has 0 spiro atoms. The van der Waals surface area contributed by atoms with Crippen LogP contribution in [0.25, 0.3) is 0 Å². The Morgan fingerprint density at radius 3 is 2.65 bits per heavy atom. The molecule has 2 aromatic rings. The fraction of sp³-hybridized carbons (Fsp3) is 0.316. The predicted octanol–water partition coefficient (Wildman–Crippen LogP) is 5.22. The second-order valence-corrected chi connectivity index (χ2v) is 7.90. The second kappa shape index (κ2) is 8.66.